The molecule has 0 radical (unpaired) electrons. The van der Waals surface area contributed by atoms with E-state index < -0.39 is 164 Å². The molecule has 3 aromatic heterocycles. The number of carbonyl (C=O) groups is 11. The summed E-state index contributed by atoms with van der Waals surface area (Å²) in [7, 11) is 1.51. The molecule has 9 amide bonds. The van der Waals surface area contributed by atoms with Crippen molar-refractivity contribution in [2.75, 3.05) is 26.7 Å². The molecule has 5 heterocycles. The van der Waals surface area contributed by atoms with E-state index in [1.807, 2.05) is 0 Å². The van der Waals surface area contributed by atoms with Crippen LogP contribution in [-0.4, -0.2) is 202 Å². The van der Waals surface area contributed by atoms with E-state index in [9.17, 15) is 73.2 Å². The van der Waals surface area contributed by atoms with Gasteiger partial charge in [-0.3, -0.25) is 47.9 Å². The third-order valence-electron chi connectivity index (χ3n) is 14.7. The zero-order valence-electron chi connectivity index (χ0n) is 45.4. The maximum atomic E-state index is 14.7. The number of benzene rings is 2. The normalized spacial score (nSPS) is 18.4. The number of hydrogen-bond donors (Lipinski definition) is 15. The Hall–Kier alpha value is -9.22. The molecule has 29 heteroatoms. The minimum atomic E-state index is -1.74. The van der Waals surface area contributed by atoms with Crippen LogP contribution >= 0.6 is 0 Å². The number of carbonyl (C=O) groups excluding carboxylic acids is 9. The predicted molar refractivity (Wildman–Crippen MR) is 293 cm³/mol. The molecule has 2 fully saturated rings. The van der Waals surface area contributed by atoms with Crippen molar-refractivity contribution < 1.29 is 73.2 Å². The molecule has 7 rings (SSSR count). The van der Waals surface area contributed by atoms with Gasteiger partial charge in [0.1, 0.15) is 48.3 Å². The van der Waals surface area contributed by atoms with Crippen molar-refractivity contribution in [3.05, 3.63) is 90.3 Å². The quantitative estimate of drug-likeness (QED) is 0.0233. The van der Waals surface area contributed by atoms with Crippen LogP contribution in [0.2, 0.25) is 0 Å². The zero-order chi connectivity index (χ0) is 60.1. The number of carboxylic acids is 2. The lowest BCUT2D eigenvalue weighted by Crippen LogP contribution is -2.60. The lowest BCUT2D eigenvalue weighted by molar-refractivity contribution is -0.144. The van der Waals surface area contributed by atoms with Gasteiger partial charge in [-0.05, 0) is 56.5 Å². The number of rotatable bonds is 28. The molecular formula is C54H68N14O15. The topological polar surface area (TPSA) is 446 Å². The second kappa shape index (κ2) is 28.0. The lowest BCUT2D eigenvalue weighted by atomic mass is 10.0. The Balaban J connectivity index is 1.09. The van der Waals surface area contributed by atoms with Crippen molar-refractivity contribution >= 4 is 86.9 Å². The molecule has 0 spiro atoms. The zero-order valence-corrected chi connectivity index (χ0v) is 45.4. The van der Waals surface area contributed by atoms with Crippen molar-refractivity contribution in [3.63, 3.8) is 0 Å². The van der Waals surface area contributed by atoms with Crippen LogP contribution < -0.4 is 43.0 Å². The van der Waals surface area contributed by atoms with E-state index in [-0.39, 0.29) is 32.2 Å². The number of aromatic nitrogens is 4. The van der Waals surface area contributed by atoms with E-state index in [1.165, 1.54) is 26.5 Å². The summed E-state index contributed by atoms with van der Waals surface area (Å²) in [5.74, 6) is -11.0. The average Bonchev–Trinajstić information content (AvgIpc) is 4.39. The molecule has 2 aliphatic rings. The van der Waals surface area contributed by atoms with Crippen LogP contribution in [0.1, 0.15) is 62.3 Å². The number of likely N-dealkylation sites (N-methyl/N-ethyl adjacent to an activating group) is 1. The summed E-state index contributed by atoms with van der Waals surface area (Å²) in [6, 6.07) is 1.04. The number of nitrogens with zero attached hydrogens (tertiary/aromatic N) is 3. The Morgan fingerprint density at radius 3 is 1.78 bits per heavy atom. The number of likely N-dealkylation sites (tertiary alicyclic amines) is 2. The first-order valence-corrected chi connectivity index (χ1v) is 26.9. The van der Waals surface area contributed by atoms with Crippen LogP contribution in [0.15, 0.2) is 73.4 Å². The molecule has 444 valence electrons. The number of imidazole rings is 1. The molecule has 29 nitrogen and oxygen atoms in total. The van der Waals surface area contributed by atoms with Gasteiger partial charge in [-0.15, -0.1) is 0 Å². The molecule has 0 unspecified atom stereocenters. The number of H-pyrrole nitrogens is 3. The van der Waals surface area contributed by atoms with Gasteiger partial charge in [0.15, 0.2) is 0 Å². The summed E-state index contributed by atoms with van der Waals surface area (Å²) >= 11 is 0. The highest BCUT2D eigenvalue weighted by molar-refractivity contribution is 6.00. The summed E-state index contributed by atoms with van der Waals surface area (Å²) < 4.78 is 0. The van der Waals surface area contributed by atoms with Crippen LogP contribution in [0.25, 0.3) is 21.8 Å². The number of aliphatic hydroxyl groups excluding tert-OH is 2. The predicted octanol–water partition coefficient (Wildman–Crippen LogP) is -3.31. The first kappa shape index (κ1) is 61.4. The van der Waals surface area contributed by atoms with Crippen LogP contribution in [0.3, 0.4) is 0 Å². The SMILES string of the molecule is CN[C@@H](C)C(=O)N[C@@H](CC(N)=O)C(=O)N1CCC[C@H]1C(=O)N[C@@H](Cc1cnc[nH]1)C(=O)N[C@@H](CCC(=O)O)C(=O)N1C[C@H](O)C[C@H]1C(=O)N[C@@H](Cc1c[nH]c2ccccc12)C(=O)N[C@@H](CO)C(=O)N[C@@H](Cc1c[nH]c2ccccc12)C(=O)O. The molecule has 0 aliphatic carbocycles. The highest BCUT2D eigenvalue weighted by atomic mass is 16.4. The lowest BCUT2D eigenvalue weighted by Gasteiger charge is -2.31. The van der Waals surface area contributed by atoms with Gasteiger partial charge < -0.3 is 88.1 Å². The fourth-order valence-electron chi connectivity index (χ4n) is 10.2. The van der Waals surface area contributed by atoms with E-state index in [4.69, 9.17) is 5.73 Å². The second-order valence-corrected chi connectivity index (χ2v) is 20.5. The van der Waals surface area contributed by atoms with E-state index in [1.54, 1.807) is 60.9 Å². The van der Waals surface area contributed by atoms with E-state index >= 15 is 0 Å². The highest BCUT2D eigenvalue weighted by Crippen LogP contribution is 2.25. The first-order valence-electron chi connectivity index (χ1n) is 26.9. The van der Waals surface area contributed by atoms with Crippen LogP contribution in [0, 0.1) is 0 Å². The Bertz CT molecular complexity index is 3200. The third-order valence-corrected chi connectivity index (χ3v) is 14.7. The minimum absolute atomic E-state index is 0.0284. The monoisotopic (exact) mass is 1150 g/mol. The molecular weight excluding hydrogens is 1080 g/mol. The fourth-order valence-corrected chi connectivity index (χ4v) is 10.2. The number of aromatic amines is 3. The van der Waals surface area contributed by atoms with Crippen molar-refractivity contribution in [2.24, 2.45) is 5.73 Å². The fraction of sp³-hybridized carbons (Fsp3) is 0.444. The van der Waals surface area contributed by atoms with Gasteiger partial charge >= 0.3 is 11.9 Å². The molecule has 83 heavy (non-hydrogen) atoms. The number of carboxylic acid groups (broad SMARTS) is 2. The maximum absolute atomic E-state index is 14.7. The number of aliphatic carboxylic acids is 2. The smallest absolute Gasteiger partial charge is 0.326 e. The number of aliphatic hydroxyl groups is 2. The summed E-state index contributed by atoms with van der Waals surface area (Å²) in [6.07, 6.45) is 1.96. The number of primary amides is 1. The summed E-state index contributed by atoms with van der Waals surface area (Å²) in [4.78, 5) is 164. The number of amides is 9. The molecule has 2 saturated heterocycles. The molecule has 2 aliphatic heterocycles. The van der Waals surface area contributed by atoms with Gasteiger partial charge in [0.05, 0.1) is 31.5 Å². The average molecular weight is 1150 g/mol. The van der Waals surface area contributed by atoms with Crippen LogP contribution in [-0.2, 0) is 72.0 Å². The molecule has 5 aromatic rings. The summed E-state index contributed by atoms with van der Waals surface area (Å²) in [5, 5.41) is 60.5. The standard InChI is InChI=1S/C54H68N14O15/c1-27(56-2)46(74)64-39(20-44(55)71)53(81)67-15-7-12-42(67)50(78)63-38(18-30-23-57-26-60-30)48(76)61-36(13-14-45(72)73)52(80)68-24-31(70)19-43(68)51(79)62-37(16-28-21-58-34-10-5-3-8-32(28)34)47(75)66-41(25-69)49(77)65-40(54(82)83)17-29-22-59-35-11-6-4-9-33(29)35/h3-6,8-11,21-23,26-27,31,36-43,56,58-59,69-70H,7,12-20,24-25H2,1-2H3,(H2,55,71)(H,57,60)(H,61,76)(H,62,79)(H,63,78)(H,64,74)(H,65,77)(H,66,75)(H,72,73)(H,82,83)/t27-,31+,36-,37-,38-,39-,40-,41-,42-,43-/m0/s1. The van der Waals surface area contributed by atoms with E-state index in [0.29, 0.717) is 39.5 Å². The van der Waals surface area contributed by atoms with Gasteiger partial charge in [-0.25, -0.2) is 9.78 Å². The maximum Gasteiger partial charge on any atom is 0.326 e. The van der Waals surface area contributed by atoms with Gasteiger partial charge in [-0.2, -0.15) is 0 Å². The number of fused-ring (bicyclic) bond motifs is 2. The third kappa shape index (κ3) is 15.6. The van der Waals surface area contributed by atoms with Gasteiger partial charge in [0.25, 0.3) is 0 Å². The largest absolute Gasteiger partial charge is 0.481 e. The Morgan fingerprint density at radius 1 is 0.675 bits per heavy atom. The molecule has 0 saturated carbocycles. The van der Waals surface area contributed by atoms with E-state index in [0.717, 1.165) is 15.3 Å². The molecule has 16 N–H and O–H groups in total. The highest BCUT2D eigenvalue weighted by Gasteiger charge is 2.44. The van der Waals surface area contributed by atoms with Gasteiger partial charge in [0.2, 0.25) is 53.2 Å². The second-order valence-electron chi connectivity index (χ2n) is 20.5. The molecule has 2 aromatic carbocycles. The van der Waals surface area contributed by atoms with Crippen LogP contribution in [0.5, 0.6) is 0 Å². The van der Waals surface area contributed by atoms with E-state index in [2.05, 4.69) is 57.2 Å². The van der Waals surface area contributed by atoms with Gasteiger partial charge in [-0.1, -0.05) is 36.4 Å². The number of β-amino-alcohol motifs (C(OH)–C–C–N with tert-alkyl or cyclic N) is 1. The van der Waals surface area contributed by atoms with Gasteiger partial charge in [0, 0.05) is 91.3 Å². The van der Waals surface area contributed by atoms with Crippen molar-refractivity contribution in [1.29, 1.82) is 0 Å². The number of hydrogen-bond acceptors (Lipinski definition) is 15. The Labute approximate surface area is 473 Å². The Kier molecular flexibility index (Phi) is 20.7. The van der Waals surface area contributed by atoms with Crippen molar-refractivity contribution in [3.8, 4) is 0 Å². The number of para-hydroxylation sites is 2. The van der Waals surface area contributed by atoms with Crippen LogP contribution in [0.4, 0.5) is 0 Å². The minimum Gasteiger partial charge on any atom is -0.481 e. The Morgan fingerprint density at radius 2 is 1.22 bits per heavy atom. The summed E-state index contributed by atoms with van der Waals surface area (Å²) in [5.41, 5.74) is 8.21. The first-order chi connectivity index (χ1) is 39.6. The van der Waals surface area contributed by atoms with Crippen molar-refractivity contribution in [1.82, 2.24) is 67.0 Å². The number of nitrogens with two attached hydrogens (primary N) is 1. The molecule has 0 bridgehead atoms. The number of nitrogens with one attached hydrogen (secondary N) is 10. The van der Waals surface area contributed by atoms with Crippen molar-refractivity contribution in [2.45, 2.75) is 125 Å². The summed E-state index contributed by atoms with van der Waals surface area (Å²) in [6.45, 7) is 0.0385. The molecule has 10 atom stereocenters.